The topological polar surface area (TPSA) is 64.3 Å². The number of nitrogens with one attached hydrogen (secondary N) is 1. The Morgan fingerprint density at radius 1 is 1.45 bits per heavy atom. The van der Waals surface area contributed by atoms with Crippen LogP contribution in [-0.4, -0.2) is 25.1 Å². The molecule has 0 saturated heterocycles. The molecule has 1 unspecified atom stereocenters. The summed E-state index contributed by atoms with van der Waals surface area (Å²) < 4.78 is 5.66. The van der Waals surface area contributed by atoms with Crippen LogP contribution in [0.15, 0.2) is 18.2 Å². The van der Waals surface area contributed by atoms with Crippen molar-refractivity contribution in [2.75, 3.05) is 13.2 Å². The quantitative estimate of drug-likeness (QED) is 0.799. The van der Waals surface area contributed by atoms with Gasteiger partial charge in [0, 0.05) is 12.6 Å². The van der Waals surface area contributed by atoms with Crippen molar-refractivity contribution in [2.45, 2.75) is 39.2 Å². The molecule has 0 radical (unpaired) electrons. The number of hydrogen-bond donors (Lipinski definition) is 2. The molecular formula is C16H24N2O2. The highest BCUT2D eigenvalue weighted by Gasteiger charge is 2.28. The molecule has 1 amide bonds. The van der Waals surface area contributed by atoms with Gasteiger partial charge in [0.2, 0.25) is 5.91 Å². The predicted octanol–water partition coefficient (Wildman–Crippen LogP) is 1.93. The Morgan fingerprint density at radius 3 is 2.90 bits per heavy atom. The molecule has 1 saturated carbocycles. The Morgan fingerprint density at radius 2 is 2.20 bits per heavy atom. The number of carbonyl (C=O) groups is 1. The minimum atomic E-state index is 0.00593. The fourth-order valence-corrected chi connectivity index (χ4v) is 2.15. The molecule has 1 aromatic carbocycles. The molecule has 0 spiro atoms. The number of aryl methyl sites for hydroxylation is 1. The van der Waals surface area contributed by atoms with E-state index in [1.807, 2.05) is 32.0 Å². The minimum Gasteiger partial charge on any atom is -0.493 e. The highest BCUT2D eigenvalue weighted by molar-refractivity contribution is 5.76. The standard InChI is InChI=1S/C16H24N2O2/c1-11-4-3-5-15(12(11)2)20-9-8-16(19)18-10-14(17)13-6-7-13/h3-5,13-14H,6-10,17H2,1-2H3,(H,18,19). The Labute approximate surface area is 120 Å². The van der Waals surface area contributed by atoms with Crippen molar-refractivity contribution >= 4 is 5.91 Å². The lowest BCUT2D eigenvalue weighted by Gasteiger charge is -2.13. The third-order valence-electron chi connectivity index (χ3n) is 3.90. The maximum absolute atomic E-state index is 11.7. The summed E-state index contributed by atoms with van der Waals surface area (Å²) in [7, 11) is 0. The van der Waals surface area contributed by atoms with E-state index < -0.39 is 0 Å². The van der Waals surface area contributed by atoms with Gasteiger partial charge in [-0.2, -0.15) is 0 Å². The van der Waals surface area contributed by atoms with Gasteiger partial charge in [0.1, 0.15) is 5.75 Å². The van der Waals surface area contributed by atoms with Gasteiger partial charge in [0.25, 0.3) is 0 Å². The number of ether oxygens (including phenoxy) is 1. The maximum atomic E-state index is 11.7. The first-order chi connectivity index (χ1) is 9.58. The van der Waals surface area contributed by atoms with Gasteiger partial charge in [0.15, 0.2) is 0 Å². The molecule has 1 fully saturated rings. The van der Waals surface area contributed by atoms with Crippen LogP contribution < -0.4 is 15.8 Å². The Hall–Kier alpha value is -1.55. The maximum Gasteiger partial charge on any atom is 0.223 e. The van der Waals surface area contributed by atoms with Crippen LogP contribution in [0.25, 0.3) is 0 Å². The number of benzene rings is 1. The summed E-state index contributed by atoms with van der Waals surface area (Å²) in [6, 6.07) is 6.06. The van der Waals surface area contributed by atoms with Crippen LogP contribution in [0.1, 0.15) is 30.4 Å². The second kappa shape index (κ2) is 6.75. The molecule has 1 aliphatic rings. The van der Waals surface area contributed by atoms with Crippen molar-refractivity contribution in [1.29, 1.82) is 0 Å². The molecule has 1 aliphatic carbocycles. The van der Waals surface area contributed by atoms with Crippen LogP contribution >= 0.6 is 0 Å². The van der Waals surface area contributed by atoms with E-state index in [0.29, 0.717) is 25.5 Å². The number of amides is 1. The van der Waals surface area contributed by atoms with Crippen molar-refractivity contribution in [3.63, 3.8) is 0 Å². The second-order valence-corrected chi connectivity index (χ2v) is 5.60. The van der Waals surface area contributed by atoms with Gasteiger partial charge in [-0.1, -0.05) is 12.1 Å². The molecule has 4 nitrogen and oxygen atoms in total. The average molecular weight is 276 g/mol. The van der Waals surface area contributed by atoms with Gasteiger partial charge in [-0.25, -0.2) is 0 Å². The van der Waals surface area contributed by atoms with E-state index in [-0.39, 0.29) is 11.9 Å². The van der Waals surface area contributed by atoms with E-state index in [9.17, 15) is 4.79 Å². The molecule has 0 bridgehead atoms. The lowest BCUT2D eigenvalue weighted by Crippen LogP contribution is -2.38. The summed E-state index contributed by atoms with van der Waals surface area (Å²) in [5.41, 5.74) is 8.26. The number of nitrogens with two attached hydrogens (primary N) is 1. The van der Waals surface area contributed by atoms with Gasteiger partial charge < -0.3 is 15.8 Å². The molecule has 2 rings (SSSR count). The second-order valence-electron chi connectivity index (χ2n) is 5.60. The molecule has 1 atom stereocenters. The molecule has 3 N–H and O–H groups in total. The molecule has 110 valence electrons. The van der Waals surface area contributed by atoms with Crippen molar-refractivity contribution in [3.8, 4) is 5.75 Å². The van der Waals surface area contributed by atoms with E-state index in [0.717, 1.165) is 11.3 Å². The Balaban J connectivity index is 1.67. The van der Waals surface area contributed by atoms with Crippen molar-refractivity contribution in [1.82, 2.24) is 5.32 Å². The van der Waals surface area contributed by atoms with Gasteiger partial charge in [-0.3, -0.25) is 4.79 Å². The lowest BCUT2D eigenvalue weighted by molar-refractivity contribution is -0.121. The number of rotatable bonds is 7. The van der Waals surface area contributed by atoms with Gasteiger partial charge in [0.05, 0.1) is 13.0 Å². The van der Waals surface area contributed by atoms with E-state index in [1.54, 1.807) is 0 Å². The van der Waals surface area contributed by atoms with Gasteiger partial charge >= 0.3 is 0 Å². The SMILES string of the molecule is Cc1cccc(OCCC(=O)NCC(N)C2CC2)c1C. The van der Waals surface area contributed by atoms with Crippen LogP contribution in [0.5, 0.6) is 5.75 Å². The molecule has 0 aliphatic heterocycles. The zero-order valence-electron chi connectivity index (χ0n) is 12.3. The highest BCUT2D eigenvalue weighted by Crippen LogP contribution is 2.31. The summed E-state index contributed by atoms with van der Waals surface area (Å²) in [5, 5.41) is 2.87. The first-order valence-electron chi connectivity index (χ1n) is 7.29. The van der Waals surface area contributed by atoms with E-state index >= 15 is 0 Å². The van der Waals surface area contributed by atoms with E-state index in [4.69, 9.17) is 10.5 Å². The van der Waals surface area contributed by atoms with Crippen LogP contribution in [-0.2, 0) is 4.79 Å². The largest absolute Gasteiger partial charge is 0.493 e. The fraction of sp³-hybridized carbons (Fsp3) is 0.562. The van der Waals surface area contributed by atoms with Crippen LogP contribution in [0.3, 0.4) is 0 Å². The molecule has 0 aromatic heterocycles. The summed E-state index contributed by atoms with van der Waals surface area (Å²) >= 11 is 0. The summed E-state index contributed by atoms with van der Waals surface area (Å²) in [4.78, 5) is 11.7. The summed E-state index contributed by atoms with van der Waals surface area (Å²) in [5.74, 6) is 1.47. The van der Waals surface area contributed by atoms with Crippen LogP contribution in [0.4, 0.5) is 0 Å². The summed E-state index contributed by atoms with van der Waals surface area (Å²) in [6.07, 6.45) is 2.77. The van der Waals surface area contributed by atoms with Gasteiger partial charge in [-0.05, 0) is 49.8 Å². The molecule has 20 heavy (non-hydrogen) atoms. The minimum absolute atomic E-state index is 0.00593. The van der Waals surface area contributed by atoms with Crippen molar-refractivity contribution in [3.05, 3.63) is 29.3 Å². The smallest absolute Gasteiger partial charge is 0.223 e. The number of hydrogen-bond acceptors (Lipinski definition) is 3. The zero-order valence-corrected chi connectivity index (χ0v) is 12.3. The fourth-order valence-electron chi connectivity index (χ4n) is 2.15. The van der Waals surface area contributed by atoms with Crippen molar-refractivity contribution < 1.29 is 9.53 Å². The Kier molecular flexibility index (Phi) is 5.01. The Bertz CT molecular complexity index is 470. The normalized spacial score (nSPS) is 15.8. The molecular weight excluding hydrogens is 252 g/mol. The average Bonchev–Trinajstić information content (AvgIpc) is 3.25. The highest BCUT2D eigenvalue weighted by atomic mass is 16.5. The first kappa shape index (κ1) is 14.9. The van der Waals surface area contributed by atoms with Crippen LogP contribution in [0.2, 0.25) is 0 Å². The third-order valence-corrected chi connectivity index (χ3v) is 3.90. The van der Waals surface area contributed by atoms with E-state index in [2.05, 4.69) is 5.32 Å². The lowest BCUT2D eigenvalue weighted by atomic mass is 10.1. The van der Waals surface area contributed by atoms with E-state index in [1.165, 1.54) is 18.4 Å². The molecule has 4 heteroatoms. The first-order valence-corrected chi connectivity index (χ1v) is 7.29. The molecule has 1 aromatic rings. The monoisotopic (exact) mass is 276 g/mol. The third kappa shape index (κ3) is 4.23. The zero-order chi connectivity index (χ0) is 14.5. The summed E-state index contributed by atoms with van der Waals surface area (Å²) in [6.45, 7) is 5.05. The van der Waals surface area contributed by atoms with Crippen molar-refractivity contribution in [2.24, 2.45) is 11.7 Å². The van der Waals surface area contributed by atoms with Crippen LogP contribution in [0, 0.1) is 19.8 Å². The van der Waals surface area contributed by atoms with Gasteiger partial charge in [-0.15, -0.1) is 0 Å². The predicted molar refractivity (Wildman–Crippen MR) is 79.7 cm³/mol. The molecule has 0 heterocycles. The number of carbonyl (C=O) groups excluding carboxylic acids is 1.